The van der Waals surface area contributed by atoms with Gasteiger partial charge in [-0.05, 0) is 47.7 Å². The highest BCUT2D eigenvalue weighted by Crippen LogP contribution is 2.21. The first-order chi connectivity index (χ1) is 11.5. The van der Waals surface area contributed by atoms with Crippen LogP contribution in [0.15, 0.2) is 48.5 Å². The van der Waals surface area contributed by atoms with Crippen LogP contribution in [0.3, 0.4) is 0 Å². The van der Waals surface area contributed by atoms with Crippen molar-refractivity contribution in [1.29, 1.82) is 0 Å². The van der Waals surface area contributed by atoms with Crippen LogP contribution in [0.5, 0.6) is 0 Å². The number of hydrogen-bond donors (Lipinski definition) is 3. The van der Waals surface area contributed by atoms with Crippen molar-refractivity contribution in [2.45, 2.75) is 20.3 Å². The third-order valence-corrected chi connectivity index (χ3v) is 3.71. The average Bonchev–Trinajstić information content (AvgIpc) is 2.61. The van der Waals surface area contributed by atoms with Gasteiger partial charge in [-0.3, -0.25) is 14.8 Å². The van der Waals surface area contributed by atoms with Gasteiger partial charge in [-0.25, -0.2) is 5.48 Å². The third kappa shape index (κ3) is 4.67. The zero-order valence-electron chi connectivity index (χ0n) is 13.9. The van der Waals surface area contributed by atoms with Crippen LogP contribution in [-0.4, -0.2) is 23.6 Å². The number of nitrogens with one attached hydrogen (secondary N) is 2. The number of rotatable bonds is 6. The van der Waals surface area contributed by atoms with Crippen molar-refractivity contribution in [3.63, 3.8) is 0 Å². The molecular weight excluding hydrogens is 304 g/mol. The zero-order valence-corrected chi connectivity index (χ0v) is 13.9. The van der Waals surface area contributed by atoms with Crippen LogP contribution in [0.2, 0.25) is 0 Å². The highest BCUT2D eigenvalue weighted by molar-refractivity contribution is 5.96. The van der Waals surface area contributed by atoms with Gasteiger partial charge in [0.05, 0.1) is 0 Å². The Morgan fingerprint density at radius 3 is 2.29 bits per heavy atom. The fraction of sp³-hybridized carbons (Fsp3) is 0.263. The van der Waals surface area contributed by atoms with Gasteiger partial charge in [0.15, 0.2) is 0 Å². The quantitative estimate of drug-likeness (QED) is 0.563. The lowest BCUT2D eigenvalue weighted by Crippen LogP contribution is -2.25. The van der Waals surface area contributed by atoms with E-state index in [2.05, 4.69) is 19.2 Å². The Balaban J connectivity index is 2.12. The standard InChI is InChI=1S/C19H22N2O3/c1-13(2)10-11-20-18(22)17-5-3-4-16(12-17)14-6-8-15(9-7-14)19(23)21-24/h3-9,12-13,24H,10-11H2,1-2H3,(H,20,22)(H,21,23). The summed E-state index contributed by atoms with van der Waals surface area (Å²) in [5.41, 5.74) is 4.35. The van der Waals surface area contributed by atoms with Crippen molar-refractivity contribution in [2.75, 3.05) is 6.54 Å². The molecule has 2 amide bonds. The predicted molar refractivity (Wildman–Crippen MR) is 92.9 cm³/mol. The van der Waals surface area contributed by atoms with Crippen molar-refractivity contribution in [3.8, 4) is 11.1 Å². The normalized spacial score (nSPS) is 10.5. The van der Waals surface area contributed by atoms with E-state index in [1.54, 1.807) is 35.8 Å². The van der Waals surface area contributed by atoms with Gasteiger partial charge in [0.2, 0.25) is 0 Å². The summed E-state index contributed by atoms with van der Waals surface area (Å²) in [6.07, 6.45) is 0.944. The van der Waals surface area contributed by atoms with E-state index in [1.807, 2.05) is 18.2 Å². The second kappa shape index (κ2) is 8.26. The number of hydrogen-bond acceptors (Lipinski definition) is 3. The highest BCUT2D eigenvalue weighted by Gasteiger charge is 2.08. The molecule has 0 saturated heterocycles. The lowest BCUT2D eigenvalue weighted by atomic mass is 10.0. The molecule has 5 heteroatoms. The molecule has 0 saturated carbocycles. The third-order valence-electron chi connectivity index (χ3n) is 3.71. The van der Waals surface area contributed by atoms with Crippen LogP contribution in [0.25, 0.3) is 11.1 Å². The molecular formula is C19H22N2O3. The van der Waals surface area contributed by atoms with E-state index in [1.165, 1.54) is 0 Å². The van der Waals surface area contributed by atoms with E-state index >= 15 is 0 Å². The molecule has 2 rings (SSSR count). The number of hydroxylamine groups is 1. The number of carbonyl (C=O) groups is 2. The van der Waals surface area contributed by atoms with Crippen molar-refractivity contribution in [2.24, 2.45) is 5.92 Å². The minimum absolute atomic E-state index is 0.0891. The molecule has 5 nitrogen and oxygen atoms in total. The maximum atomic E-state index is 12.2. The molecule has 0 fully saturated rings. The topological polar surface area (TPSA) is 78.4 Å². The molecule has 126 valence electrons. The summed E-state index contributed by atoms with van der Waals surface area (Å²) in [5.74, 6) is -0.0973. The van der Waals surface area contributed by atoms with E-state index in [4.69, 9.17) is 5.21 Å². The van der Waals surface area contributed by atoms with Crippen LogP contribution in [0.1, 0.15) is 41.0 Å². The summed E-state index contributed by atoms with van der Waals surface area (Å²) in [4.78, 5) is 23.5. The lowest BCUT2D eigenvalue weighted by molar-refractivity contribution is 0.0706. The summed E-state index contributed by atoms with van der Waals surface area (Å²) in [6, 6.07) is 14.1. The second-order valence-corrected chi connectivity index (χ2v) is 6.04. The average molecular weight is 326 g/mol. The Labute approximate surface area is 141 Å². The Morgan fingerprint density at radius 1 is 0.958 bits per heavy atom. The molecule has 0 aliphatic heterocycles. The monoisotopic (exact) mass is 326 g/mol. The second-order valence-electron chi connectivity index (χ2n) is 6.04. The largest absolute Gasteiger partial charge is 0.352 e. The maximum absolute atomic E-state index is 12.2. The first-order valence-electron chi connectivity index (χ1n) is 7.94. The minimum atomic E-state index is -0.556. The summed E-state index contributed by atoms with van der Waals surface area (Å²) in [5, 5.41) is 11.6. The van der Waals surface area contributed by atoms with Gasteiger partial charge in [-0.1, -0.05) is 38.1 Å². The Morgan fingerprint density at radius 2 is 1.67 bits per heavy atom. The van der Waals surface area contributed by atoms with Gasteiger partial charge in [-0.2, -0.15) is 0 Å². The molecule has 3 N–H and O–H groups in total. The fourth-order valence-corrected chi connectivity index (χ4v) is 2.30. The lowest BCUT2D eigenvalue weighted by Gasteiger charge is -2.09. The predicted octanol–water partition coefficient (Wildman–Crippen LogP) is 3.25. The van der Waals surface area contributed by atoms with Crippen LogP contribution in [0.4, 0.5) is 0 Å². The molecule has 0 spiro atoms. The van der Waals surface area contributed by atoms with E-state index in [9.17, 15) is 9.59 Å². The zero-order chi connectivity index (χ0) is 17.5. The number of benzene rings is 2. The van der Waals surface area contributed by atoms with Crippen LogP contribution in [0, 0.1) is 5.92 Å². The Kier molecular flexibility index (Phi) is 6.09. The highest BCUT2D eigenvalue weighted by atomic mass is 16.5. The molecule has 0 heterocycles. The van der Waals surface area contributed by atoms with Crippen LogP contribution < -0.4 is 10.8 Å². The summed E-state index contributed by atoms with van der Waals surface area (Å²) < 4.78 is 0. The number of carbonyl (C=O) groups excluding carboxylic acids is 2. The van der Waals surface area contributed by atoms with Gasteiger partial charge >= 0.3 is 0 Å². The smallest absolute Gasteiger partial charge is 0.274 e. The van der Waals surface area contributed by atoms with Gasteiger partial charge in [0, 0.05) is 17.7 Å². The van der Waals surface area contributed by atoms with E-state index in [0.717, 1.165) is 17.5 Å². The Hall–Kier alpha value is -2.66. The molecule has 2 aromatic carbocycles. The molecule has 0 unspecified atom stereocenters. The van der Waals surface area contributed by atoms with Crippen molar-refractivity contribution in [3.05, 3.63) is 59.7 Å². The minimum Gasteiger partial charge on any atom is -0.352 e. The van der Waals surface area contributed by atoms with E-state index in [-0.39, 0.29) is 5.91 Å². The first kappa shape index (κ1) is 17.7. The summed E-state index contributed by atoms with van der Waals surface area (Å²) >= 11 is 0. The van der Waals surface area contributed by atoms with Crippen LogP contribution in [-0.2, 0) is 0 Å². The Bertz CT molecular complexity index is 709. The van der Waals surface area contributed by atoms with Crippen molar-refractivity contribution in [1.82, 2.24) is 10.8 Å². The molecule has 2 aromatic rings. The van der Waals surface area contributed by atoms with Gasteiger partial charge in [0.25, 0.3) is 11.8 Å². The summed E-state index contributed by atoms with van der Waals surface area (Å²) in [6.45, 7) is 4.90. The molecule has 0 bridgehead atoms. The van der Waals surface area contributed by atoms with Crippen molar-refractivity contribution >= 4 is 11.8 Å². The molecule has 24 heavy (non-hydrogen) atoms. The molecule has 0 atom stereocenters. The maximum Gasteiger partial charge on any atom is 0.274 e. The van der Waals surface area contributed by atoms with E-state index in [0.29, 0.717) is 23.6 Å². The molecule has 0 aliphatic carbocycles. The molecule has 0 aliphatic rings. The van der Waals surface area contributed by atoms with Crippen molar-refractivity contribution < 1.29 is 14.8 Å². The van der Waals surface area contributed by atoms with Gasteiger partial charge in [0.1, 0.15) is 0 Å². The first-order valence-corrected chi connectivity index (χ1v) is 7.94. The fourth-order valence-electron chi connectivity index (χ4n) is 2.30. The SMILES string of the molecule is CC(C)CCNC(=O)c1cccc(-c2ccc(C(=O)NO)cc2)c1. The van der Waals surface area contributed by atoms with Crippen LogP contribution >= 0.6 is 0 Å². The van der Waals surface area contributed by atoms with E-state index < -0.39 is 5.91 Å². The molecule has 0 aromatic heterocycles. The number of amides is 2. The van der Waals surface area contributed by atoms with Gasteiger partial charge < -0.3 is 5.32 Å². The summed E-state index contributed by atoms with van der Waals surface area (Å²) in [7, 11) is 0. The van der Waals surface area contributed by atoms with Gasteiger partial charge in [-0.15, -0.1) is 0 Å². The molecule has 0 radical (unpaired) electrons.